The molecule has 3 N–H and O–H groups in total. The van der Waals surface area contributed by atoms with Crippen molar-refractivity contribution in [2.75, 3.05) is 40.9 Å². The Labute approximate surface area is 436 Å². The molecular formula is C61H122N2O6P+. The zero-order chi connectivity index (χ0) is 51.3. The van der Waals surface area contributed by atoms with Gasteiger partial charge in [-0.15, -0.1) is 0 Å². The molecule has 1 amide bonds. The second-order valence-corrected chi connectivity index (χ2v) is 23.9. The zero-order valence-corrected chi connectivity index (χ0v) is 48.4. The van der Waals surface area contributed by atoms with Gasteiger partial charge in [0.15, 0.2) is 0 Å². The fraction of sp³-hybridized carbons (Fsp3) is 0.918. The Bertz CT molecular complexity index is 1190. The van der Waals surface area contributed by atoms with E-state index in [1.54, 1.807) is 0 Å². The Morgan fingerprint density at radius 3 is 1.17 bits per heavy atom. The highest BCUT2D eigenvalue weighted by molar-refractivity contribution is 7.47. The third-order valence-corrected chi connectivity index (χ3v) is 15.2. The number of quaternary nitrogens is 1. The van der Waals surface area contributed by atoms with E-state index in [2.05, 4.69) is 43.5 Å². The van der Waals surface area contributed by atoms with E-state index in [0.717, 1.165) is 44.9 Å². The van der Waals surface area contributed by atoms with Crippen LogP contribution in [0.5, 0.6) is 0 Å². The molecule has 0 radical (unpaired) electrons. The highest BCUT2D eigenvalue weighted by atomic mass is 31.2. The summed E-state index contributed by atoms with van der Waals surface area (Å²) in [6.07, 6.45) is 66.7. The molecule has 0 aromatic rings. The summed E-state index contributed by atoms with van der Waals surface area (Å²) >= 11 is 0. The molecule has 0 saturated heterocycles. The summed E-state index contributed by atoms with van der Waals surface area (Å²) in [4.78, 5) is 23.4. The molecule has 0 rings (SSSR count). The molecule has 3 unspecified atom stereocenters. The summed E-state index contributed by atoms with van der Waals surface area (Å²) in [5, 5.41) is 14.1. The SMILES string of the molecule is CCCCCCCCCCC/C=C\C/C=C\CCCCCCCCCCCCCCCC(=O)NC(COP(=O)(O)OCC[N+](C)(C)C)C(O)CCCCCCCCCCCCCCCCCCCCC. The van der Waals surface area contributed by atoms with Crippen LogP contribution in [0.3, 0.4) is 0 Å². The van der Waals surface area contributed by atoms with Crippen LogP contribution in [0, 0.1) is 0 Å². The summed E-state index contributed by atoms with van der Waals surface area (Å²) in [7, 11) is 1.63. The number of amides is 1. The van der Waals surface area contributed by atoms with E-state index < -0.39 is 20.0 Å². The molecule has 416 valence electrons. The predicted molar refractivity (Wildman–Crippen MR) is 305 cm³/mol. The number of carbonyl (C=O) groups excluding carboxylic acids is 1. The van der Waals surface area contributed by atoms with Gasteiger partial charge in [-0.1, -0.05) is 282 Å². The number of nitrogens with one attached hydrogen (secondary N) is 1. The van der Waals surface area contributed by atoms with Crippen molar-refractivity contribution in [2.45, 2.75) is 321 Å². The van der Waals surface area contributed by atoms with Crippen LogP contribution in [0.15, 0.2) is 24.3 Å². The lowest BCUT2D eigenvalue weighted by atomic mass is 10.0. The fourth-order valence-electron chi connectivity index (χ4n) is 9.37. The van der Waals surface area contributed by atoms with Gasteiger partial charge in [0.05, 0.1) is 39.9 Å². The number of hydrogen-bond acceptors (Lipinski definition) is 5. The largest absolute Gasteiger partial charge is 0.472 e. The fourth-order valence-corrected chi connectivity index (χ4v) is 10.1. The molecule has 8 nitrogen and oxygen atoms in total. The number of unbranched alkanes of at least 4 members (excludes halogenated alkanes) is 40. The molecular weight excluding hydrogens is 888 g/mol. The van der Waals surface area contributed by atoms with Gasteiger partial charge in [0.2, 0.25) is 5.91 Å². The minimum Gasteiger partial charge on any atom is -0.391 e. The van der Waals surface area contributed by atoms with E-state index in [9.17, 15) is 19.4 Å². The number of hydrogen-bond donors (Lipinski definition) is 3. The van der Waals surface area contributed by atoms with Crippen LogP contribution in [0.4, 0.5) is 0 Å². The summed E-state index contributed by atoms with van der Waals surface area (Å²) < 4.78 is 23.8. The molecule has 0 aliphatic carbocycles. The quantitative estimate of drug-likeness (QED) is 0.0243. The van der Waals surface area contributed by atoms with Crippen LogP contribution >= 0.6 is 7.82 Å². The standard InChI is InChI=1S/C61H121N2O6P/c1-6-8-10-12-14-16-18-20-22-24-26-27-28-29-30-31-32-33-34-35-37-39-41-43-45-47-49-51-53-55-61(65)62-59(58-69-70(66,67)68-57-56-63(3,4)5)60(64)54-52-50-48-46-44-42-40-38-36-25-23-21-19-17-15-13-11-9-7-2/h26-27,29-30,59-60,64H,6-25,28,31-58H2,1-5H3,(H-,62,65,66,67)/p+1/b27-26-,30-29-. The van der Waals surface area contributed by atoms with Crippen LogP contribution in [0.25, 0.3) is 0 Å². The van der Waals surface area contributed by atoms with Crippen molar-refractivity contribution < 1.29 is 32.9 Å². The first-order valence-electron chi connectivity index (χ1n) is 30.7. The molecule has 0 heterocycles. The van der Waals surface area contributed by atoms with Gasteiger partial charge in [0.1, 0.15) is 13.2 Å². The van der Waals surface area contributed by atoms with E-state index in [0.29, 0.717) is 23.9 Å². The molecule has 9 heteroatoms. The van der Waals surface area contributed by atoms with Gasteiger partial charge in [-0.25, -0.2) is 4.57 Å². The maximum absolute atomic E-state index is 13.0. The van der Waals surface area contributed by atoms with Crippen molar-refractivity contribution >= 4 is 13.7 Å². The highest BCUT2D eigenvalue weighted by Crippen LogP contribution is 2.43. The lowest BCUT2D eigenvalue weighted by molar-refractivity contribution is -0.870. The van der Waals surface area contributed by atoms with Crippen LogP contribution < -0.4 is 5.32 Å². The van der Waals surface area contributed by atoms with Crippen molar-refractivity contribution in [1.29, 1.82) is 0 Å². The number of rotatable bonds is 57. The molecule has 0 saturated carbocycles. The van der Waals surface area contributed by atoms with Crippen LogP contribution in [-0.4, -0.2) is 73.4 Å². The second kappa shape index (κ2) is 52.8. The summed E-state index contributed by atoms with van der Waals surface area (Å²) in [5.74, 6) is -0.140. The summed E-state index contributed by atoms with van der Waals surface area (Å²) in [5.41, 5.74) is 0. The van der Waals surface area contributed by atoms with Gasteiger partial charge < -0.3 is 19.8 Å². The van der Waals surface area contributed by atoms with Crippen molar-refractivity contribution in [3.8, 4) is 0 Å². The molecule has 0 fully saturated rings. The van der Waals surface area contributed by atoms with Crippen molar-refractivity contribution in [2.24, 2.45) is 0 Å². The Balaban J connectivity index is 4.08. The number of phosphoric ester groups is 1. The molecule has 0 aromatic heterocycles. The normalized spacial score (nSPS) is 14.0. The van der Waals surface area contributed by atoms with Gasteiger partial charge in [-0.3, -0.25) is 13.8 Å². The van der Waals surface area contributed by atoms with E-state index >= 15 is 0 Å². The number of carbonyl (C=O) groups is 1. The number of likely N-dealkylation sites (N-methyl/N-ethyl adjacent to an activating group) is 1. The Morgan fingerprint density at radius 2 is 0.814 bits per heavy atom. The molecule has 0 spiro atoms. The first-order chi connectivity index (χ1) is 34.0. The number of allylic oxidation sites excluding steroid dienone is 4. The molecule has 70 heavy (non-hydrogen) atoms. The minimum absolute atomic E-state index is 0.0763. The van der Waals surface area contributed by atoms with Crippen LogP contribution in [-0.2, 0) is 18.4 Å². The lowest BCUT2D eigenvalue weighted by Crippen LogP contribution is -2.46. The summed E-state index contributed by atoms with van der Waals surface area (Å²) in [6, 6.07) is -0.760. The first-order valence-corrected chi connectivity index (χ1v) is 32.2. The number of aliphatic hydroxyl groups excluding tert-OH is 1. The van der Waals surface area contributed by atoms with E-state index in [1.807, 2.05) is 21.1 Å². The van der Waals surface area contributed by atoms with Gasteiger partial charge in [-0.2, -0.15) is 0 Å². The second-order valence-electron chi connectivity index (χ2n) is 22.4. The average Bonchev–Trinajstić information content (AvgIpc) is 3.32. The Morgan fingerprint density at radius 1 is 0.486 bits per heavy atom. The van der Waals surface area contributed by atoms with E-state index in [-0.39, 0.29) is 19.1 Å². The number of nitrogens with zero attached hydrogens (tertiary/aromatic N) is 1. The van der Waals surface area contributed by atoms with Gasteiger partial charge in [0, 0.05) is 6.42 Å². The molecule has 0 bridgehead atoms. The molecule has 0 aromatic carbocycles. The molecule has 0 aliphatic heterocycles. The van der Waals surface area contributed by atoms with Gasteiger partial charge >= 0.3 is 7.82 Å². The van der Waals surface area contributed by atoms with Gasteiger partial charge in [0.25, 0.3) is 0 Å². The number of phosphoric acid groups is 1. The number of aliphatic hydroxyl groups is 1. The summed E-state index contributed by atoms with van der Waals surface area (Å²) in [6.45, 7) is 4.93. The minimum atomic E-state index is -4.32. The lowest BCUT2D eigenvalue weighted by Gasteiger charge is -2.26. The predicted octanol–water partition coefficient (Wildman–Crippen LogP) is 18.8. The third kappa shape index (κ3) is 54.7. The van der Waals surface area contributed by atoms with Crippen LogP contribution in [0.2, 0.25) is 0 Å². The zero-order valence-electron chi connectivity index (χ0n) is 47.5. The van der Waals surface area contributed by atoms with E-state index in [4.69, 9.17) is 9.05 Å². The van der Waals surface area contributed by atoms with Crippen molar-refractivity contribution in [3.05, 3.63) is 24.3 Å². The van der Waals surface area contributed by atoms with Gasteiger partial charge in [-0.05, 0) is 44.9 Å². The van der Waals surface area contributed by atoms with Crippen LogP contribution in [0.1, 0.15) is 309 Å². The van der Waals surface area contributed by atoms with Crippen molar-refractivity contribution in [1.82, 2.24) is 5.32 Å². The Hall–Kier alpha value is -1.02. The van der Waals surface area contributed by atoms with E-state index in [1.165, 1.54) is 238 Å². The third-order valence-electron chi connectivity index (χ3n) is 14.2. The monoisotopic (exact) mass is 1010 g/mol. The highest BCUT2D eigenvalue weighted by Gasteiger charge is 2.28. The smallest absolute Gasteiger partial charge is 0.391 e. The topological polar surface area (TPSA) is 105 Å². The first kappa shape index (κ1) is 69.0. The van der Waals surface area contributed by atoms with Crippen molar-refractivity contribution in [3.63, 3.8) is 0 Å². The molecule has 0 aliphatic rings. The maximum Gasteiger partial charge on any atom is 0.472 e. The Kier molecular flexibility index (Phi) is 52.1. The maximum atomic E-state index is 13.0. The molecule has 3 atom stereocenters. The average molecular weight is 1010 g/mol.